The molecule has 1 heterocycles. The summed E-state index contributed by atoms with van der Waals surface area (Å²) in [5.74, 6) is -0.294. The van der Waals surface area contributed by atoms with Gasteiger partial charge in [0, 0.05) is 31.1 Å². The van der Waals surface area contributed by atoms with Crippen molar-refractivity contribution in [3.05, 3.63) is 35.6 Å². The van der Waals surface area contributed by atoms with E-state index in [0.29, 0.717) is 25.1 Å². The maximum atomic E-state index is 13.5. The number of carbonyl (C=O) groups is 1. The zero-order valence-corrected chi connectivity index (χ0v) is 8.29. The zero-order valence-electron chi connectivity index (χ0n) is 8.29. The van der Waals surface area contributed by atoms with Crippen LogP contribution in [0.2, 0.25) is 0 Å². The molecule has 1 fully saturated rings. The van der Waals surface area contributed by atoms with Gasteiger partial charge in [-0.3, -0.25) is 4.79 Å². The van der Waals surface area contributed by atoms with Gasteiger partial charge in [0.15, 0.2) is 0 Å². The van der Waals surface area contributed by atoms with E-state index in [1.165, 1.54) is 6.07 Å². The monoisotopic (exact) mass is 208 g/mol. The smallest absolute Gasteiger partial charge is 0.221 e. The van der Waals surface area contributed by atoms with Crippen molar-refractivity contribution >= 4 is 5.91 Å². The summed E-state index contributed by atoms with van der Waals surface area (Å²) < 4.78 is 13.5. The van der Waals surface area contributed by atoms with Crippen molar-refractivity contribution < 1.29 is 9.18 Å². The fraction of sp³-hybridized carbons (Fsp3) is 0.364. The van der Waals surface area contributed by atoms with Crippen molar-refractivity contribution in [2.45, 2.75) is 12.5 Å². The van der Waals surface area contributed by atoms with Gasteiger partial charge >= 0.3 is 0 Å². The van der Waals surface area contributed by atoms with Gasteiger partial charge in [0.05, 0.1) is 0 Å². The SMILES string of the molecule is O=C1CC(c2ccccc2F)NCCN1. The van der Waals surface area contributed by atoms with Gasteiger partial charge in [0.2, 0.25) is 5.91 Å². The Morgan fingerprint density at radius 2 is 2.07 bits per heavy atom. The number of nitrogens with one attached hydrogen (secondary N) is 2. The molecule has 1 atom stereocenters. The molecule has 0 aliphatic carbocycles. The number of amides is 1. The molecule has 3 nitrogen and oxygen atoms in total. The summed E-state index contributed by atoms with van der Waals surface area (Å²) in [5, 5.41) is 5.89. The Morgan fingerprint density at radius 1 is 1.27 bits per heavy atom. The molecule has 4 heteroatoms. The topological polar surface area (TPSA) is 41.1 Å². The summed E-state index contributed by atoms with van der Waals surface area (Å²) in [6, 6.07) is 6.35. The van der Waals surface area contributed by atoms with Crippen LogP contribution in [-0.4, -0.2) is 19.0 Å². The van der Waals surface area contributed by atoms with Crippen LogP contribution in [0.5, 0.6) is 0 Å². The minimum atomic E-state index is -0.260. The van der Waals surface area contributed by atoms with Crippen LogP contribution in [0.3, 0.4) is 0 Å². The molecule has 1 aromatic rings. The molecule has 15 heavy (non-hydrogen) atoms. The number of hydrogen-bond donors (Lipinski definition) is 2. The Morgan fingerprint density at radius 3 is 2.87 bits per heavy atom. The first kappa shape index (κ1) is 10.1. The standard InChI is InChI=1S/C11H13FN2O/c12-9-4-2-1-3-8(9)10-7-11(15)14-6-5-13-10/h1-4,10,13H,5-7H2,(H,14,15). The summed E-state index contributed by atoms with van der Waals surface area (Å²) in [7, 11) is 0. The van der Waals surface area contributed by atoms with Crippen molar-refractivity contribution in [3.8, 4) is 0 Å². The lowest BCUT2D eigenvalue weighted by Gasteiger charge is -2.15. The summed E-state index contributed by atoms with van der Waals surface area (Å²) in [5.41, 5.74) is 0.564. The highest BCUT2D eigenvalue weighted by Gasteiger charge is 2.20. The van der Waals surface area contributed by atoms with E-state index in [9.17, 15) is 9.18 Å². The Balaban J connectivity index is 2.22. The van der Waals surface area contributed by atoms with Crippen LogP contribution >= 0.6 is 0 Å². The lowest BCUT2D eigenvalue weighted by atomic mass is 10.0. The van der Waals surface area contributed by atoms with E-state index in [0.717, 1.165) is 0 Å². The molecule has 0 saturated carbocycles. The summed E-state index contributed by atoms with van der Waals surface area (Å²) >= 11 is 0. The third-order valence-electron chi connectivity index (χ3n) is 2.51. The van der Waals surface area contributed by atoms with Gasteiger partial charge in [0.25, 0.3) is 0 Å². The maximum Gasteiger partial charge on any atom is 0.221 e. The molecule has 1 aromatic carbocycles. The first-order valence-corrected chi connectivity index (χ1v) is 5.02. The van der Waals surface area contributed by atoms with Gasteiger partial charge < -0.3 is 10.6 Å². The second-order valence-corrected chi connectivity index (χ2v) is 3.58. The molecular weight excluding hydrogens is 195 g/mol. The van der Waals surface area contributed by atoms with Crippen molar-refractivity contribution in [2.24, 2.45) is 0 Å². The third-order valence-corrected chi connectivity index (χ3v) is 2.51. The van der Waals surface area contributed by atoms with Gasteiger partial charge in [-0.2, -0.15) is 0 Å². The molecule has 0 aromatic heterocycles. The highest BCUT2D eigenvalue weighted by molar-refractivity contribution is 5.77. The van der Waals surface area contributed by atoms with Crippen molar-refractivity contribution in [1.29, 1.82) is 0 Å². The van der Waals surface area contributed by atoms with Gasteiger partial charge in [-0.05, 0) is 6.07 Å². The van der Waals surface area contributed by atoms with Crippen LogP contribution in [0.25, 0.3) is 0 Å². The largest absolute Gasteiger partial charge is 0.355 e. The van der Waals surface area contributed by atoms with Gasteiger partial charge in [0.1, 0.15) is 5.82 Å². The fourth-order valence-corrected chi connectivity index (χ4v) is 1.76. The lowest BCUT2D eigenvalue weighted by molar-refractivity contribution is -0.121. The van der Waals surface area contributed by atoms with Crippen LogP contribution in [0, 0.1) is 5.82 Å². The first-order chi connectivity index (χ1) is 7.27. The molecule has 0 bridgehead atoms. The fourth-order valence-electron chi connectivity index (χ4n) is 1.76. The summed E-state index contributed by atoms with van der Waals surface area (Å²) in [4.78, 5) is 11.3. The van der Waals surface area contributed by atoms with Gasteiger partial charge in [-0.15, -0.1) is 0 Å². The van der Waals surface area contributed by atoms with Crippen LogP contribution in [0.1, 0.15) is 18.0 Å². The van der Waals surface area contributed by atoms with E-state index >= 15 is 0 Å². The van der Waals surface area contributed by atoms with Crippen molar-refractivity contribution in [2.75, 3.05) is 13.1 Å². The Hall–Kier alpha value is -1.42. The maximum absolute atomic E-state index is 13.5. The molecule has 1 aliphatic rings. The molecule has 80 valence electrons. The van der Waals surface area contributed by atoms with E-state index in [4.69, 9.17) is 0 Å². The first-order valence-electron chi connectivity index (χ1n) is 5.02. The van der Waals surface area contributed by atoms with Crippen molar-refractivity contribution in [1.82, 2.24) is 10.6 Å². The number of carbonyl (C=O) groups excluding carboxylic acids is 1. The van der Waals surface area contributed by atoms with Crippen molar-refractivity contribution in [3.63, 3.8) is 0 Å². The van der Waals surface area contributed by atoms with Crippen LogP contribution in [0.15, 0.2) is 24.3 Å². The molecule has 2 N–H and O–H groups in total. The minimum Gasteiger partial charge on any atom is -0.355 e. The second-order valence-electron chi connectivity index (χ2n) is 3.58. The quantitative estimate of drug-likeness (QED) is 0.722. The lowest BCUT2D eigenvalue weighted by Crippen LogP contribution is -2.24. The Bertz CT molecular complexity index is 367. The predicted molar refractivity (Wildman–Crippen MR) is 54.8 cm³/mol. The minimum absolute atomic E-state index is 0.0340. The van der Waals surface area contributed by atoms with Gasteiger partial charge in [-0.1, -0.05) is 18.2 Å². The number of benzene rings is 1. The molecular formula is C11H13FN2O. The zero-order chi connectivity index (χ0) is 10.7. The number of rotatable bonds is 1. The Labute approximate surface area is 87.7 Å². The predicted octanol–water partition coefficient (Wildman–Crippen LogP) is 0.976. The number of hydrogen-bond acceptors (Lipinski definition) is 2. The molecule has 1 aliphatic heterocycles. The molecule has 1 unspecified atom stereocenters. The third kappa shape index (κ3) is 2.33. The van der Waals surface area contributed by atoms with E-state index in [-0.39, 0.29) is 17.8 Å². The van der Waals surface area contributed by atoms with E-state index in [2.05, 4.69) is 10.6 Å². The number of halogens is 1. The Kier molecular flexibility index (Phi) is 2.97. The summed E-state index contributed by atoms with van der Waals surface area (Å²) in [6.45, 7) is 1.27. The highest BCUT2D eigenvalue weighted by Crippen LogP contribution is 2.20. The normalized spacial score (nSPS) is 21.9. The van der Waals surface area contributed by atoms with Crippen LogP contribution in [0.4, 0.5) is 4.39 Å². The van der Waals surface area contributed by atoms with Crippen LogP contribution < -0.4 is 10.6 Å². The summed E-state index contributed by atoms with van der Waals surface area (Å²) in [6.07, 6.45) is 0.293. The highest BCUT2D eigenvalue weighted by atomic mass is 19.1. The molecule has 0 spiro atoms. The van der Waals surface area contributed by atoms with E-state index in [1.54, 1.807) is 18.2 Å². The molecule has 1 saturated heterocycles. The molecule has 0 radical (unpaired) electrons. The second kappa shape index (κ2) is 4.40. The van der Waals surface area contributed by atoms with Gasteiger partial charge in [-0.25, -0.2) is 4.39 Å². The average molecular weight is 208 g/mol. The molecule has 1 amide bonds. The van der Waals surface area contributed by atoms with E-state index in [1.807, 2.05) is 0 Å². The van der Waals surface area contributed by atoms with E-state index < -0.39 is 0 Å². The van der Waals surface area contributed by atoms with Crippen LogP contribution in [-0.2, 0) is 4.79 Å². The average Bonchev–Trinajstić information content (AvgIpc) is 2.43. The molecule has 2 rings (SSSR count).